The van der Waals surface area contributed by atoms with Crippen molar-refractivity contribution in [1.82, 2.24) is 15.1 Å². The van der Waals surface area contributed by atoms with Crippen molar-refractivity contribution in [3.8, 4) is 11.5 Å². The van der Waals surface area contributed by atoms with Gasteiger partial charge in [-0.3, -0.25) is 9.89 Å². The van der Waals surface area contributed by atoms with Crippen LogP contribution in [0, 0.1) is 0 Å². The first-order chi connectivity index (χ1) is 11.7. The van der Waals surface area contributed by atoms with E-state index in [4.69, 9.17) is 9.47 Å². The molecular formula is C18H17N3O3. The fraction of sp³-hybridized carbons (Fsp3) is 0.222. The van der Waals surface area contributed by atoms with Gasteiger partial charge in [-0.1, -0.05) is 30.3 Å². The molecule has 1 aliphatic rings. The third-order valence-electron chi connectivity index (χ3n) is 4.06. The summed E-state index contributed by atoms with van der Waals surface area (Å²) < 4.78 is 11.6. The fourth-order valence-electron chi connectivity index (χ4n) is 2.85. The molecule has 0 spiro atoms. The summed E-state index contributed by atoms with van der Waals surface area (Å²) in [6, 6.07) is 15.1. The molecule has 0 aliphatic carbocycles. The van der Waals surface area contributed by atoms with Crippen LogP contribution in [-0.4, -0.2) is 47.3 Å². The van der Waals surface area contributed by atoms with Crippen LogP contribution in [0.2, 0.25) is 0 Å². The number of hydrogen-bond acceptors (Lipinski definition) is 4. The molecular weight excluding hydrogens is 306 g/mol. The number of carbonyl (C=O) groups is 1. The number of carbonyl (C=O) groups excluding carboxylic acids is 1. The number of fused-ring (bicyclic) bond motifs is 2. The number of amides is 1. The Labute approximate surface area is 139 Å². The maximum Gasteiger partial charge on any atom is 0.274 e. The van der Waals surface area contributed by atoms with Crippen LogP contribution >= 0.6 is 0 Å². The highest BCUT2D eigenvalue weighted by molar-refractivity contribution is 6.04. The van der Waals surface area contributed by atoms with E-state index in [1.165, 1.54) is 0 Å². The second kappa shape index (κ2) is 5.88. The molecule has 0 saturated heterocycles. The van der Waals surface area contributed by atoms with Gasteiger partial charge in [-0.05, 0) is 18.2 Å². The van der Waals surface area contributed by atoms with Crippen molar-refractivity contribution < 1.29 is 14.3 Å². The number of rotatable bonds is 3. The van der Waals surface area contributed by atoms with Crippen LogP contribution in [0.3, 0.4) is 0 Å². The lowest BCUT2D eigenvalue weighted by atomic mass is 10.2. The Morgan fingerprint density at radius 3 is 2.83 bits per heavy atom. The summed E-state index contributed by atoms with van der Waals surface area (Å²) in [6.07, 6.45) is -0.209. The monoisotopic (exact) mass is 323 g/mol. The number of nitrogens with zero attached hydrogens (tertiary/aromatic N) is 2. The Bertz CT molecular complexity index is 890. The van der Waals surface area contributed by atoms with Crippen LogP contribution in [0.5, 0.6) is 11.5 Å². The number of aromatic nitrogens is 2. The molecule has 0 fully saturated rings. The second-order valence-electron chi connectivity index (χ2n) is 5.80. The second-order valence-corrected chi connectivity index (χ2v) is 5.80. The molecule has 1 amide bonds. The summed E-state index contributed by atoms with van der Waals surface area (Å²) >= 11 is 0. The van der Waals surface area contributed by atoms with Crippen LogP contribution in [-0.2, 0) is 0 Å². The van der Waals surface area contributed by atoms with Gasteiger partial charge in [0.2, 0.25) is 0 Å². The SMILES string of the molecule is CN(C[C@H]1COc2ccccc2O1)C(=O)c1n[nH]c2ccccc12. The highest BCUT2D eigenvalue weighted by Gasteiger charge is 2.25. The van der Waals surface area contributed by atoms with Gasteiger partial charge < -0.3 is 14.4 Å². The van der Waals surface area contributed by atoms with Gasteiger partial charge in [0.05, 0.1) is 12.1 Å². The zero-order valence-electron chi connectivity index (χ0n) is 13.2. The highest BCUT2D eigenvalue weighted by Crippen LogP contribution is 2.31. The molecule has 0 unspecified atom stereocenters. The quantitative estimate of drug-likeness (QED) is 0.804. The lowest BCUT2D eigenvalue weighted by Gasteiger charge is -2.29. The van der Waals surface area contributed by atoms with E-state index >= 15 is 0 Å². The molecule has 1 atom stereocenters. The Morgan fingerprint density at radius 1 is 1.21 bits per heavy atom. The van der Waals surface area contributed by atoms with Crippen molar-refractivity contribution in [3.63, 3.8) is 0 Å². The summed E-state index contributed by atoms with van der Waals surface area (Å²) in [5, 5.41) is 7.86. The third kappa shape index (κ3) is 2.56. The van der Waals surface area contributed by atoms with Crippen LogP contribution in [0.25, 0.3) is 10.9 Å². The summed E-state index contributed by atoms with van der Waals surface area (Å²) in [5.41, 5.74) is 1.27. The number of nitrogens with one attached hydrogen (secondary N) is 1. The minimum Gasteiger partial charge on any atom is -0.486 e. The molecule has 6 heteroatoms. The summed E-state index contributed by atoms with van der Waals surface area (Å²) in [7, 11) is 1.75. The van der Waals surface area contributed by atoms with E-state index in [1.807, 2.05) is 48.5 Å². The van der Waals surface area contributed by atoms with Gasteiger partial charge in [-0.25, -0.2) is 0 Å². The van der Waals surface area contributed by atoms with Crippen molar-refractivity contribution in [2.45, 2.75) is 6.10 Å². The molecule has 0 saturated carbocycles. The summed E-state index contributed by atoms with van der Waals surface area (Å²) in [6.45, 7) is 0.838. The number of likely N-dealkylation sites (N-methyl/N-ethyl adjacent to an activating group) is 1. The first kappa shape index (κ1) is 14.6. The lowest BCUT2D eigenvalue weighted by molar-refractivity contribution is 0.0518. The molecule has 1 aromatic heterocycles. The van der Waals surface area contributed by atoms with Crippen molar-refractivity contribution in [3.05, 3.63) is 54.2 Å². The number of hydrogen-bond donors (Lipinski definition) is 1. The van der Waals surface area contributed by atoms with E-state index in [0.717, 1.165) is 16.7 Å². The van der Waals surface area contributed by atoms with Gasteiger partial charge in [-0.15, -0.1) is 0 Å². The van der Waals surface area contributed by atoms with Crippen LogP contribution in [0.15, 0.2) is 48.5 Å². The third-order valence-corrected chi connectivity index (χ3v) is 4.06. The molecule has 4 rings (SSSR count). The Kier molecular flexibility index (Phi) is 3.57. The van der Waals surface area contributed by atoms with Gasteiger partial charge >= 0.3 is 0 Å². The molecule has 2 heterocycles. The van der Waals surface area contributed by atoms with Gasteiger partial charge in [0.25, 0.3) is 5.91 Å². The fourth-order valence-corrected chi connectivity index (χ4v) is 2.85. The Hall–Kier alpha value is -3.02. The standard InChI is InChI=1S/C18H17N3O3/c1-21(10-12-11-23-15-8-4-5-9-16(15)24-12)18(22)17-13-6-2-3-7-14(13)19-20-17/h2-9,12H,10-11H2,1H3,(H,19,20)/t12-/m0/s1. The van der Waals surface area contributed by atoms with E-state index in [2.05, 4.69) is 10.2 Å². The van der Waals surface area contributed by atoms with Crippen molar-refractivity contribution in [1.29, 1.82) is 0 Å². The predicted octanol–water partition coefficient (Wildman–Crippen LogP) is 2.47. The summed E-state index contributed by atoms with van der Waals surface area (Å²) in [5.74, 6) is 1.30. The van der Waals surface area contributed by atoms with Crippen molar-refractivity contribution in [2.24, 2.45) is 0 Å². The smallest absolute Gasteiger partial charge is 0.274 e. The van der Waals surface area contributed by atoms with Gasteiger partial charge in [0.1, 0.15) is 6.61 Å². The zero-order valence-corrected chi connectivity index (χ0v) is 13.2. The molecule has 2 aromatic carbocycles. The average molecular weight is 323 g/mol. The average Bonchev–Trinajstić information content (AvgIpc) is 3.05. The molecule has 122 valence electrons. The number of ether oxygens (including phenoxy) is 2. The zero-order chi connectivity index (χ0) is 16.5. The van der Waals surface area contributed by atoms with E-state index in [-0.39, 0.29) is 12.0 Å². The Morgan fingerprint density at radius 2 is 1.96 bits per heavy atom. The molecule has 1 N–H and O–H groups in total. The van der Waals surface area contributed by atoms with E-state index in [9.17, 15) is 4.79 Å². The molecule has 0 radical (unpaired) electrons. The maximum atomic E-state index is 12.7. The first-order valence-electron chi connectivity index (χ1n) is 7.79. The van der Waals surface area contributed by atoms with Gasteiger partial charge in [-0.2, -0.15) is 5.10 Å². The molecule has 1 aliphatic heterocycles. The molecule has 6 nitrogen and oxygen atoms in total. The largest absolute Gasteiger partial charge is 0.486 e. The first-order valence-corrected chi connectivity index (χ1v) is 7.79. The van der Waals surface area contributed by atoms with Crippen LogP contribution < -0.4 is 9.47 Å². The minimum absolute atomic E-state index is 0.144. The minimum atomic E-state index is -0.209. The molecule has 0 bridgehead atoms. The van der Waals surface area contributed by atoms with Gasteiger partial charge in [0, 0.05) is 12.4 Å². The predicted molar refractivity (Wildman–Crippen MR) is 89.4 cm³/mol. The number of H-pyrrole nitrogens is 1. The summed E-state index contributed by atoms with van der Waals surface area (Å²) in [4.78, 5) is 14.3. The highest BCUT2D eigenvalue weighted by atomic mass is 16.6. The maximum absolute atomic E-state index is 12.7. The molecule has 24 heavy (non-hydrogen) atoms. The van der Waals surface area contributed by atoms with Crippen LogP contribution in [0.4, 0.5) is 0 Å². The van der Waals surface area contributed by atoms with E-state index in [1.54, 1.807) is 11.9 Å². The normalized spacial score (nSPS) is 16.1. The molecule has 3 aromatic rings. The van der Waals surface area contributed by atoms with Crippen LogP contribution in [0.1, 0.15) is 10.5 Å². The number of para-hydroxylation sites is 3. The topological polar surface area (TPSA) is 67.5 Å². The number of benzene rings is 2. The van der Waals surface area contributed by atoms with Gasteiger partial charge in [0.15, 0.2) is 23.3 Å². The van der Waals surface area contributed by atoms with Crippen molar-refractivity contribution in [2.75, 3.05) is 20.2 Å². The van der Waals surface area contributed by atoms with E-state index in [0.29, 0.717) is 24.6 Å². The number of aromatic amines is 1. The lowest BCUT2D eigenvalue weighted by Crippen LogP contribution is -2.41. The van der Waals surface area contributed by atoms with Crippen molar-refractivity contribution >= 4 is 16.8 Å². The Balaban J connectivity index is 1.48. The van der Waals surface area contributed by atoms with E-state index < -0.39 is 0 Å².